The van der Waals surface area contributed by atoms with Crippen molar-refractivity contribution in [3.05, 3.63) is 28.2 Å². The highest BCUT2D eigenvalue weighted by Crippen LogP contribution is 2.29. The van der Waals surface area contributed by atoms with E-state index in [4.69, 9.17) is 23.2 Å². The highest BCUT2D eigenvalue weighted by molar-refractivity contribution is 6.42. The molecule has 5 heteroatoms. The van der Waals surface area contributed by atoms with Crippen LogP contribution in [0.15, 0.2) is 18.2 Å². The van der Waals surface area contributed by atoms with Gasteiger partial charge in [-0.3, -0.25) is 4.79 Å². The Labute approximate surface area is 123 Å². The van der Waals surface area contributed by atoms with Crippen molar-refractivity contribution in [1.29, 1.82) is 0 Å². The van der Waals surface area contributed by atoms with Gasteiger partial charge in [0, 0.05) is 18.3 Å². The van der Waals surface area contributed by atoms with Crippen molar-refractivity contribution >= 4 is 34.8 Å². The summed E-state index contributed by atoms with van der Waals surface area (Å²) >= 11 is 11.9. The number of rotatable bonds is 3. The van der Waals surface area contributed by atoms with Crippen LogP contribution in [0.2, 0.25) is 10.0 Å². The summed E-state index contributed by atoms with van der Waals surface area (Å²) in [6.45, 7) is 4.82. The van der Waals surface area contributed by atoms with Gasteiger partial charge in [0.2, 0.25) is 5.91 Å². The van der Waals surface area contributed by atoms with E-state index in [1.165, 1.54) is 0 Å². The van der Waals surface area contributed by atoms with E-state index in [0.717, 1.165) is 25.1 Å². The molecule has 3 nitrogen and oxygen atoms in total. The highest BCUT2D eigenvalue weighted by atomic mass is 35.5. The normalized spacial score (nSPS) is 20.2. The molecule has 1 aromatic carbocycles. The van der Waals surface area contributed by atoms with Gasteiger partial charge in [-0.1, -0.05) is 37.0 Å². The molecule has 2 rings (SSSR count). The molecule has 1 aliphatic heterocycles. The van der Waals surface area contributed by atoms with Gasteiger partial charge >= 0.3 is 0 Å². The van der Waals surface area contributed by atoms with Crippen molar-refractivity contribution in [3.63, 3.8) is 0 Å². The fourth-order valence-corrected chi connectivity index (χ4v) is 2.63. The molecule has 1 atom stereocenters. The molecule has 1 saturated heterocycles. The zero-order valence-corrected chi connectivity index (χ0v) is 12.6. The minimum Gasteiger partial charge on any atom is -0.311 e. The number of anilines is 1. The lowest BCUT2D eigenvalue weighted by molar-refractivity contribution is -0.121. The van der Waals surface area contributed by atoms with Crippen molar-refractivity contribution in [2.24, 2.45) is 0 Å². The van der Waals surface area contributed by atoms with Crippen LogP contribution in [0.4, 0.5) is 5.69 Å². The molecule has 0 aromatic heterocycles. The van der Waals surface area contributed by atoms with Crippen molar-refractivity contribution in [2.45, 2.75) is 38.8 Å². The number of benzene rings is 1. The maximum absolute atomic E-state index is 12.4. The van der Waals surface area contributed by atoms with E-state index in [0.29, 0.717) is 16.1 Å². The summed E-state index contributed by atoms with van der Waals surface area (Å²) in [6.07, 6.45) is 1.87. The average Bonchev–Trinajstić information content (AvgIpc) is 2.35. The van der Waals surface area contributed by atoms with Crippen molar-refractivity contribution in [1.82, 2.24) is 5.32 Å². The van der Waals surface area contributed by atoms with E-state index in [1.807, 2.05) is 19.9 Å². The predicted octanol–water partition coefficient (Wildman–Crippen LogP) is 3.49. The molecule has 1 aliphatic rings. The molecule has 1 amide bonds. The van der Waals surface area contributed by atoms with Crippen molar-refractivity contribution in [2.75, 3.05) is 11.4 Å². The van der Waals surface area contributed by atoms with Gasteiger partial charge in [-0.2, -0.15) is 0 Å². The van der Waals surface area contributed by atoms with E-state index in [1.54, 1.807) is 17.0 Å². The number of hydrogen-bond donors (Lipinski definition) is 1. The van der Waals surface area contributed by atoms with E-state index < -0.39 is 0 Å². The number of hydrogen-bond acceptors (Lipinski definition) is 2. The van der Waals surface area contributed by atoms with Gasteiger partial charge < -0.3 is 10.2 Å². The fourth-order valence-electron chi connectivity index (χ4n) is 2.34. The highest BCUT2D eigenvalue weighted by Gasteiger charge is 2.29. The zero-order valence-electron chi connectivity index (χ0n) is 11.1. The van der Waals surface area contributed by atoms with E-state index in [2.05, 4.69) is 5.32 Å². The van der Waals surface area contributed by atoms with Crippen LogP contribution in [0.25, 0.3) is 0 Å². The summed E-state index contributed by atoms with van der Waals surface area (Å²) in [5.74, 6) is 0.110. The molecule has 104 valence electrons. The van der Waals surface area contributed by atoms with Crippen LogP contribution >= 0.6 is 23.2 Å². The quantitative estimate of drug-likeness (QED) is 0.927. The Bertz CT molecular complexity index is 477. The number of carbonyl (C=O) groups is 1. The molecular weight excluding hydrogens is 283 g/mol. The van der Waals surface area contributed by atoms with Gasteiger partial charge in [-0.15, -0.1) is 0 Å². The lowest BCUT2D eigenvalue weighted by Crippen LogP contribution is -2.52. The van der Waals surface area contributed by atoms with Gasteiger partial charge in [0.05, 0.1) is 16.1 Å². The van der Waals surface area contributed by atoms with Crippen LogP contribution in [-0.2, 0) is 4.79 Å². The van der Waals surface area contributed by atoms with Crippen LogP contribution in [0.1, 0.15) is 26.7 Å². The minimum absolute atomic E-state index is 0.108. The van der Waals surface area contributed by atoms with Gasteiger partial charge in [-0.05, 0) is 31.0 Å². The predicted molar refractivity (Wildman–Crippen MR) is 80.1 cm³/mol. The first-order chi connectivity index (χ1) is 8.99. The maximum Gasteiger partial charge on any atom is 0.244 e. The first kappa shape index (κ1) is 14.6. The van der Waals surface area contributed by atoms with E-state index in [-0.39, 0.29) is 11.9 Å². The lowest BCUT2D eigenvalue weighted by atomic mass is 10.0. The summed E-state index contributed by atoms with van der Waals surface area (Å²) in [5, 5.41) is 4.29. The first-order valence-corrected chi connectivity index (χ1v) is 7.27. The molecule has 0 saturated carbocycles. The van der Waals surface area contributed by atoms with E-state index >= 15 is 0 Å². The molecule has 19 heavy (non-hydrogen) atoms. The smallest absolute Gasteiger partial charge is 0.244 e. The Kier molecular flexibility index (Phi) is 4.71. The molecule has 0 radical (unpaired) electrons. The summed E-state index contributed by atoms with van der Waals surface area (Å²) in [7, 11) is 0. The van der Waals surface area contributed by atoms with Gasteiger partial charge in [0.15, 0.2) is 0 Å². The third-order valence-electron chi connectivity index (χ3n) is 3.19. The molecule has 0 spiro atoms. The Morgan fingerprint density at radius 1 is 1.32 bits per heavy atom. The molecule has 1 aromatic rings. The summed E-state index contributed by atoms with van der Waals surface area (Å²) in [5.41, 5.74) is 0.814. The second-order valence-corrected chi connectivity index (χ2v) is 5.92. The lowest BCUT2D eigenvalue weighted by Gasteiger charge is -2.33. The Balaban J connectivity index is 2.19. The van der Waals surface area contributed by atoms with Gasteiger partial charge in [-0.25, -0.2) is 0 Å². The monoisotopic (exact) mass is 300 g/mol. The molecule has 0 aliphatic carbocycles. The largest absolute Gasteiger partial charge is 0.311 e. The van der Waals surface area contributed by atoms with Crippen LogP contribution in [0, 0.1) is 0 Å². The topological polar surface area (TPSA) is 32.3 Å². The number of piperidine rings is 1. The van der Waals surface area contributed by atoms with Crippen LogP contribution < -0.4 is 10.2 Å². The molecule has 1 N–H and O–H groups in total. The Morgan fingerprint density at radius 3 is 2.68 bits per heavy atom. The van der Waals surface area contributed by atoms with E-state index in [9.17, 15) is 4.79 Å². The summed E-state index contributed by atoms with van der Waals surface area (Å²) in [4.78, 5) is 14.2. The zero-order chi connectivity index (χ0) is 14.0. The first-order valence-electron chi connectivity index (χ1n) is 6.51. The third-order valence-corrected chi connectivity index (χ3v) is 3.93. The number of nitrogens with zero attached hydrogens (tertiary/aromatic N) is 1. The van der Waals surface area contributed by atoms with Crippen LogP contribution in [0.3, 0.4) is 0 Å². The SMILES string of the molecule is CC(C)NC1CCCN(c2ccc(Cl)c(Cl)c2)C1=O. The molecule has 0 bridgehead atoms. The molecule has 1 fully saturated rings. The minimum atomic E-state index is -0.108. The second-order valence-electron chi connectivity index (χ2n) is 5.10. The summed E-state index contributed by atoms with van der Waals surface area (Å²) < 4.78 is 0. The fraction of sp³-hybridized carbons (Fsp3) is 0.500. The van der Waals surface area contributed by atoms with Crippen molar-refractivity contribution in [3.8, 4) is 0 Å². The van der Waals surface area contributed by atoms with Crippen LogP contribution in [-0.4, -0.2) is 24.5 Å². The number of nitrogens with one attached hydrogen (secondary N) is 1. The third kappa shape index (κ3) is 3.41. The number of halogens is 2. The average molecular weight is 301 g/mol. The van der Waals surface area contributed by atoms with Crippen LogP contribution in [0.5, 0.6) is 0 Å². The van der Waals surface area contributed by atoms with Crippen molar-refractivity contribution < 1.29 is 4.79 Å². The number of carbonyl (C=O) groups excluding carboxylic acids is 1. The number of amides is 1. The summed E-state index contributed by atoms with van der Waals surface area (Å²) in [6, 6.07) is 5.50. The molecular formula is C14H18Cl2N2O. The van der Waals surface area contributed by atoms with Gasteiger partial charge in [0.25, 0.3) is 0 Å². The Hall–Kier alpha value is -0.770. The molecule has 1 heterocycles. The molecule has 1 unspecified atom stereocenters. The Morgan fingerprint density at radius 2 is 2.05 bits per heavy atom. The standard InChI is InChI=1S/C14H18Cl2N2O/c1-9(2)17-13-4-3-7-18(14(13)19)10-5-6-11(15)12(16)8-10/h5-6,8-9,13,17H,3-4,7H2,1-2H3. The second kappa shape index (κ2) is 6.12. The maximum atomic E-state index is 12.4. The van der Waals surface area contributed by atoms with Gasteiger partial charge in [0.1, 0.15) is 0 Å².